The Bertz CT molecular complexity index is 3620. The standard InChI is InChI=1S/C60H40N2O/c1-3-19-41(20-4-1)45-23-7-8-24-47(45)48-25-9-10-26-49(48)50-27-11-14-31-53(50)62(44-39-37-42(38-40-44)46-30-17-36-58-59(46)52-29-13-16-35-57(52)63-58)56-34-18-33-55-60(56)51-28-12-15-32-54(51)61(55)43-21-5-2-6-22-43/h1-40H. The van der Waals surface area contributed by atoms with Gasteiger partial charge in [0, 0.05) is 38.5 Å². The first-order valence-electron chi connectivity index (χ1n) is 21.5. The lowest BCUT2D eigenvalue weighted by Crippen LogP contribution is -2.12. The van der Waals surface area contributed by atoms with Crippen molar-refractivity contribution in [2.75, 3.05) is 4.90 Å². The average Bonchev–Trinajstić information content (AvgIpc) is 3.92. The lowest BCUT2D eigenvalue weighted by Gasteiger charge is -2.29. The van der Waals surface area contributed by atoms with Crippen molar-refractivity contribution in [2.45, 2.75) is 0 Å². The Morgan fingerprint density at radius 1 is 0.302 bits per heavy atom. The van der Waals surface area contributed by atoms with E-state index in [1.165, 1.54) is 33.0 Å². The van der Waals surface area contributed by atoms with E-state index in [9.17, 15) is 0 Å². The number of hydrogen-bond donors (Lipinski definition) is 0. The van der Waals surface area contributed by atoms with Crippen LogP contribution in [-0.4, -0.2) is 4.57 Å². The van der Waals surface area contributed by atoms with Crippen molar-refractivity contribution >= 4 is 60.8 Å². The molecule has 2 aromatic heterocycles. The third-order valence-electron chi connectivity index (χ3n) is 12.4. The van der Waals surface area contributed by atoms with E-state index in [1.54, 1.807) is 0 Å². The van der Waals surface area contributed by atoms with Crippen molar-refractivity contribution < 1.29 is 4.42 Å². The fourth-order valence-corrected chi connectivity index (χ4v) is 9.69. The van der Waals surface area contributed by atoms with Gasteiger partial charge in [-0.3, -0.25) is 0 Å². The smallest absolute Gasteiger partial charge is 0.136 e. The van der Waals surface area contributed by atoms with E-state index in [-0.39, 0.29) is 0 Å². The van der Waals surface area contributed by atoms with Crippen LogP contribution in [0.5, 0.6) is 0 Å². The number of furan rings is 1. The Balaban J connectivity index is 1.10. The van der Waals surface area contributed by atoms with Gasteiger partial charge in [0.15, 0.2) is 0 Å². The van der Waals surface area contributed by atoms with Gasteiger partial charge in [-0.25, -0.2) is 0 Å². The van der Waals surface area contributed by atoms with Crippen LogP contribution >= 0.6 is 0 Å². The quantitative estimate of drug-likeness (QED) is 0.153. The minimum absolute atomic E-state index is 0.891. The summed E-state index contributed by atoms with van der Waals surface area (Å²) in [7, 11) is 0. The predicted molar refractivity (Wildman–Crippen MR) is 264 cm³/mol. The van der Waals surface area contributed by atoms with Crippen LogP contribution in [-0.2, 0) is 0 Å². The number of para-hydroxylation sites is 4. The molecule has 3 heteroatoms. The van der Waals surface area contributed by atoms with Gasteiger partial charge in [0.05, 0.1) is 22.4 Å². The van der Waals surface area contributed by atoms with Crippen LogP contribution in [0.1, 0.15) is 0 Å². The summed E-state index contributed by atoms with van der Waals surface area (Å²) in [6.45, 7) is 0. The second kappa shape index (κ2) is 15.3. The summed E-state index contributed by atoms with van der Waals surface area (Å²) in [5.74, 6) is 0. The maximum absolute atomic E-state index is 6.32. The van der Waals surface area contributed by atoms with Crippen molar-refractivity contribution in [1.82, 2.24) is 4.57 Å². The molecule has 0 aliphatic rings. The highest BCUT2D eigenvalue weighted by molar-refractivity contribution is 6.17. The van der Waals surface area contributed by atoms with Crippen molar-refractivity contribution in [3.05, 3.63) is 243 Å². The molecule has 2 heterocycles. The second-order valence-corrected chi connectivity index (χ2v) is 16.0. The van der Waals surface area contributed by atoms with E-state index in [1.807, 2.05) is 12.1 Å². The summed E-state index contributed by atoms with van der Waals surface area (Å²) in [5.41, 5.74) is 17.8. The SMILES string of the molecule is c1ccc(-c2ccccc2-c2ccccc2-c2ccccc2N(c2ccc(-c3cccc4oc5ccccc5c34)cc2)c2cccc3c2c2ccccc2n3-c2ccccc2)cc1. The Morgan fingerprint density at radius 3 is 1.59 bits per heavy atom. The van der Waals surface area contributed by atoms with E-state index in [2.05, 4.69) is 240 Å². The Hall–Kier alpha value is -8.40. The molecule has 296 valence electrons. The lowest BCUT2D eigenvalue weighted by molar-refractivity contribution is 0.669. The molecule has 12 aromatic rings. The molecule has 0 fully saturated rings. The van der Waals surface area contributed by atoms with Crippen LogP contribution in [0.4, 0.5) is 17.1 Å². The first-order valence-corrected chi connectivity index (χ1v) is 21.5. The van der Waals surface area contributed by atoms with Gasteiger partial charge in [0.1, 0.15) is 11.2 Å². The van der Waals surface area contributed by atoms with E-state index >= 15 is 0 Å². The molecule has 0 unspecified atom stereocenters. The molecule has 3 nitrogen and oxygen atoms in total. The van der Waals surface area contributed by atoms with Gasteiger partial charge in [-0.1, -0.05) is 182 Å². The van der Waals surface area contributed by atoms with E-state index in [4.69, 9.17) is 4.42 Å². The maximum Gasteiger partial charge on any atom is 0.136 e. The topological polar surface area (TPSA) is 21.3 Å². The van der Waals surface area contributed by atoms with Crippen LogP contribution < -0.4 is 4.90 Å². The van der Waals surface area contributed by atoms with Crippen LogP contribution in [0.25, 0.3) is 93.9 Å². The summed E-state index contributed by atoms with van der Waals surface area (Å²) >= 11 is 0. The zero-order valence-corrected chi connectivity index (χ0v) is 34.4. The molecule has 0 saturated heterocycles. The third kappa shape index (κ3) is 6.13. The van der Waals surface area contributed by atoms with Gasteiger partial charge in [0.25, 0.3) is 0 Å². The highest BCUT2D eigenvalue weighted by Gasteiger charge is 2.24. The minimum atomic E-state index is 0.891. The Morgan fingerprint density at radius 2 is 0.810 bits per heavy atom. The van der Waals surface area contributed by atoms with Crippen LogP contribution in [0.15, 0.2) is 247 Å². The number of benzene rings is 10. The fourth-order valence-electron chi connectivity index (χ4n) is 9.69. The highest BCUT2D eigenvalue weighted by atomic mass is 16.3. The normalized spacial score (nSPS) is 11.5. The average molecular weight is 805 g/mol. The van der Waals surface area contributed by atoms with Crippen molar-refractivity contribution in [2.24, 2.45) is 0 Å². The molecule has 0 N–H and O–H groups in total. The number of nitrogens with zero attached hydrogens (tertiary/aromatic N) is 2. The number of hydrogen-bond acceptors (Lipinski definition) is 2. The summed E-state index contributed by atoms with van der Waals surface area (Å²) in [5, 5.41) is 4.64. The molecule has 0 bridgehead atoms. The van der Waals surface area contributed by atoms with Crippen LogP contribution in [0, 0.1) is 0 Å². The monoisotopic (exact) mass is 804 g/mol. The van der Waals surface area contributed by atoms with E-state index < -0.39 is 0 Å². The van der Waals surface area contributed by atoms with Crippen molar-refractivity contribution in [3.63, 3.8) is 0 Å². The molecule has 0 radical (unpaired) electrons. The largest absolute Gasteiger partial charge is 0.456 e. The number of aromatic nitrogens is 1. The molecule has 0 spiro atoms. The van der Waals surface area contributed by atoms with Gasteiger partial charge >= 0.3 is 0 Å². The predicted octanol–water partition coefficient (Wildman–Crippen LogP) is 16.8. The molecule has 63 heavy (non-hydrogen) atoms. The Kier molecular flexibility index (Phi) is 8.83. The van der Waals surface area contributed by atoms with Crippen LogP contribution in [0.2, 0.25) is 0 Å². The minimum Gasteiger partial charge on any atom is -0.456 e. The summed E-state index contributed by atoms with van der Waals surface area (Å²) in [6, 6.07) is 87.2. The Labute approximate surface area is 366 Å². The second-order valence-electron chi connectivity index (χ2n) is 16.0. The van der Waals surface area contributed by atoms with Crippen LogP contribution in [0.3, 0.4) is 0 Å². The maximum atomic E-state index is 6.32. The number of fused-ring (bicyclic) bond motifs is 6. The highest BCUT2D eigenvalue weighted by Crippen LogP contribution is 2.49. The molecular formula is C60H40N2O. The van der Waals surface area contributed by atoms with Gasteiger partial charge in [0.2, 0.25) is 0 Å². The molecule has 0 amide bonds. The molecular weight excluding hydrogens is 765 g/mol. The number of anilines is 3. The molecule has 10 aromatic carbocycles. The summed E-state index contributed by atoms with van der Waals surface area (Å²) < 4.78 is 8.72. The zero-order valence-electron chi connectivity index (χ0n) is 34.4. The van der Waals surface area contributed by atoms with Crippen molar-refractivity contribution in [3.8, 4) is 50.2 Å². The molecule has 0 atom stereocenters. The van der Waals surface area contributed by atoms with Crippen molar-refractivity contribution in [1.29, 1.82) is 0 Å². The van der Waals surface area contributed by atoms with Gasteiger partial charge < -0.3 is 13.9 Å². The van der Waals surface area contributed by atoms with Gasteiger partial charge in [-0.05, 0) is 99.6 Å². The molecule has 0 saturated carbocycles. The summed E-state index contributed by atoms with van der Waals surface area (Å²) in [4.78, 5) is 2.47. The molecule has 0 aliphatic heterocycles. The van der Waals surface area contributed by atoms with Gasteiger partial charge in [-0.2, -0.15) is 0 Å². The third-order valence-corrected chi connectivity index (χ3v) is 12.4. The first kappa shape index (κ1) is 36.5. The lowest BCUT2D eigenvalue weighted by atomic mass is 9.88. The zero-order chi connectivity index (χ0) is 41.7. The van der Waals surface area contributed by atoms with E-state index in [0.29, 0.717) is 0 Å². The number of rotatable bonds is 8. The summed E-state index contributed by atoms with van der Waals surface area (Å²) in [6.07, 6.45) is 0. The molecule has 12 rings (SSSR count). The first-order chi connectivity index (χ1) is 31.3. The molecule has 0 aliphatic carbocycles. The van der Waals surface area contributed by atoms with Gasteiger partial charge in [-0.15, -0.1) is 0 Å². The van der Waals surface area contributed by atoms with E-state index in [0.717, 1.165) is 78.0 Å². The fraction of sp³-hybridized carbons (Fsp3) is 0.